The highest BCUT2D eigenvalue weighted by molar-refractivity contribution is 5.90. The molecule has 0 bridgehead atoms. The predicted octanol–water partition coefficient (Wildman–Crippen LogP) is 1.22. The number of carbonyl (C=O) groups is 2. The zero-order valence-corrected chi connectivity index (χ0v) is 27.0. The van der Waals surface area contributed by atoms with Crippen molar-refractivity contribution in [2.24, 2.45) is 16.6 Å². The van der Waals surface area contributed by atoms with Gasteiger partial charge in [0.05, 0.1) is 12.5 Å². The third-order valence-electron chi connectivity index (χ3n) is 8.53. The van der Waals surface area contributed by atoms with Gasteiger partial charge in [-0.1, -0.05) is 13.8 Å². The van der Waals surface area contributed by atoms with Crippen LogP contribution in [0.2, 0.25) is 0 Å². The standard InChI is InChI=1S/C32H39N3O14/c1-14(2)4-5-15-6-16(7-18-27(15)42-11-19-17-8-21-22(44-13-43-21)9-20(17)45-28(18)19)48-49-30-29(47-35-32(33)34-3)26(39)23(46-31(30)40)12-41-25(38)10-24(36)37/h6-9,14,19,23,26,28-31,39-40H,4-5,10-13H2,1-3H3,(H,36,37)(H3,33,34,35)/t19-,23-,26-,28-,29+,30-,31-/m1/s1. The number of nitrogens with two attached hydrogens (primary N) is 1. The summed E-state index contributed by atoms with van der Waals surface area (Å²) in [7, 11) is 1.39. The number of ether oxygens (including phenoxy) is 6. The van der Waals surface area contributed by atoms with E-state index in [1.54, 1.807) is 12.1 Å². The van der Waals surface area contributed by atoms with Crippen LogP contribution in [0.25, 0.3) is 0 Å². The fourth-order valence-corrected chi connectivity index (χ4v) is 6.01. The molecule has 4 aliphatic heterocycles. The number of hydroxylamine groups is 1. The molecule has 2 aromatic rings. The molecule has 6 rings (SSSR count). The van der Waals surface area contributed by atoms with E-state index in [0.717, 1.165) is 23.1 Å². The maximum atomic E-state index is 11.8. The molecule has 6 N–H and O–H groups in total. The highest BCUT2D eigenvalue weighted by Crippen LogP contribution is 2.55. The number of aliphatic imine (C=N–C) groups is 1. The molecule has 1 saturated heterocycles. The first kappa shape index (κ1) is 34.3. The van der Waals surface area contributed by atoms with Gasteiger partial charge >= 0.3 is 11.9 Å². The molecule has 0 radical (unpaired) electrons. The van der Waals surface area contributed by atoms with E-state index < -0.39 is 61.8 Å². The SMILES string of the molecule is CN=C(N)NO[C@H]1[C@H](O)[C@@H](COC(=O)CC(=O)O)O[C@@H](O)[C@@H]1OOc1cc(CCC(C)C)c2c(c1)[C@H]1Oc3cc4c(cc3[C@H]1CO2)OCO4. The summed E-state index contributed by atoms with van der Waals surface area (Å²) in [6.07, 6.45) is -7.38. The lowest BCUT2D eigenvalue weighted by Gasteiger charge is -2.40. The van der Waals surface area contributed by atoms with E-state index in [0.29, 0.717) is 41.9 Å². The molecular formula is C32H39N3O14. The lowest BCUT2D eigenvalue weighted by Crippen LogP contribution is -2.62. The maximum absolute atomic E-state index is 11.8. The van der Waals surface area contributed by atoms with Crippen LogP contribution in [0, 0.1) is 5.92 Å². The van der Waals surface area contributed by atoms with Crippen LogP contribution in [0.3, 0.4) is 0 Å². The van der Waals surface area contributed by atoms with E-state index in [2.05, 4.69) is 24.3 Å². The Morgan fingerprint density at radius 3 is 2.57 bits per heavy atom. The first-order valence-electron chi connectivity index (χ1n) is 15.8. The number of carboxylic acid groups (broad SMARTS) is 1. The van der Waals surface area contributed by atoms with Crippen molar-refractivity contribution in [1.29, 1.82) is 0 Å². The molecule has 1 fully saturated rings. The third-order valence-corrected chi connectivity index (χ3v) is 8.53. The normalized spacial score (nSPS) is 26.6. The Morgan fingerprint density at radius 2 is 1.84 bits per heavy atom. The fraction of sp³-hybridized carbons (Fsp3) is 0.531. The molecule has 4 aliphatic rings. The van der Waals surface area contributed by atoms with Gasteiger partial charge in [0.25, 0.3) is 0 Å². The Morgan fingerprint density at radius 1 is 1.06 bits per heavy atom. The zero-order valence-electron chi connectivity index (χ0n) is 27.0. The summed E-state index contributed by atoms with van der Waals surface area (Å²) in [5.74, 6) is 0.522. The van der Waals surface area contributed by atoms with Gasteiger partial charge in [-0.05, 0) is 42.5 Å². The number of nitrogens with one attached hydrogen (secondary N) is 1. The molecule has 0 amide bonds. The molecule has 4 heterocycles. The molecular weight excluding hydrogens is 650 g/mol. The summed E-state index contributed by atoms with van der Waals surface area (Å²) in [5, 5.41) is 30.8. The monoisotopic (exact) mass is 689 g/mol. The molecule has 17 nitrogen and oxygen atoms in total. The topological polar surface area (TPSA) is 228 Å². The van der Waals surface area contributed by atoms with Gasteiger partial charge in [-0.2, -0.15) is 4.89 Å². The van der Waals surface area contributed by atoms with Crippen molar-refractivity contribution in [2.45, 2.75) is 75.8 Å². The van der Waals surface area contributed by atoms with E-state index >= 15 is 0 Å². The minimum atomic E-state index is -1.78. The van der Waals surface area contributed by atoms with E-state index in [9.17, 15) is 19.8 Å². The molecule has 0 saturated carbocycles. The molecule has 2 aromatic carbocycles. The summed E-state index contributed by atoms with van der Waals surface area (Å²) < 4.78 is 34.3. The average molecular weight is 690 g/mol. The van der Waals surface area contributed by atoms with E-state index in [1.165, 1.54) is 7.05 Å². The Balaban J connectivity index is 1.23. The van der Waals surface area contributed by atoms with Crippen LogP contribution in [-0.2, 0) is 35.2 Å². The number of esters is 1. The highest BCUT2D eigenvalue weighted by Gasteiger charge is 2.49. The molecule has 266 valence electrons. The molecule has 0 unspecified atom stereocenters. The third kappa shape index (κ3) is 7.40. The minimum Gasteiger partial charge on any atom is -0.492 e. The van der Waals surface area contributed by atoms with Gasteiger partial charge in [-0.3, -0.25) is 19.4 Å². The summed E-state index contributed by atoms with van der Waals surface area (Å²) >= 11 is 0. The van der Waals surface area contributed by atoms with Crippen LogP contribution in [0.1, 0.15) is 55.4 Å². The number of aliphatic carboxylic acids is 1. The highest BCUT2D eigenvalue weighted by atomic mass is 17.2. The molecule has 0 aliphatic carbocycles. The number of hydrogen-bond donors (Lipinski definition) is 5. The molecule has 49 heavy (non-hydrogen) atoms. The average Bonchev–Trinajstić information content (AvgIpc) is 3.68. The van der Waals surface area contributed by atoms with Gasteiger partial charge in [-0.25, -0.2) is 5.48 Å². The number of aliphatic hydroxyl groups is 2. The van der Waals surface area contributed by atoms with Gasteiger partial charge in [0, 0.05) is 24.2 Å². The van der Waals surface area contributed by atoms with Gasteiger partial charge < -0.3 is 54.4 Å². The summed E-state index contributed by atoms with van der Waals surface area (Å²) in [5.41, 5.74) is 10.6. The first-order chi connectivity index (χ1) is 23.5. The van der Waals surface area contributed by atoms with Crippen molar-refractivity contribution in [1.82, 2.24) is 5.48 Å². The van der Waals surface area contributed by atoms with Crippen molar-refractivity contribution < 1.29 is 67.9 Å². The number of aryl methyl sites for hydroxylation is 1. The van der Waals surface area contributed by atoms with E-state index in [1.807, 2.05) is 12.1 Å². The lowest BCUT2D eigenvalue weighted by molar-refractivity contribution is -0.372. The van der Waals surface area contributed by atoms with Crippen LogP contribution in [-0.4, -0.2) is 91.0 Å². The number of rotatable bonds is 12. The lowest BCUT2D eigenvalue weighted by atomic mass is 9.87. The molecule has 7 atom stereocenters. The Labute approximate surface area is 280 Å². The Bertz CT molecular complexity index is 1580. The quantitative estimate of drug-likeness (QED) is 0.0527. The van der Waals surface area contributed by atoms with Crippen molar-refractivity contribution >= 4 is 17.9 Å². The van der Waals surface area contributed by atoms with Gasteiger partial charge in [-0.15, -0.1) is 0 Å². The number of benzene rings is 2. The Hall–Kier alpha value is -4.55. The number of hydrogen-bond acceptors (Lipinski definition) is 14. The van der Waals surface area contributed by atoms with Crippen molar-refractivity contribution in [3.63, 3.8) is 0 Å². The number of aliphatic hydroxyl groups excluding tert-OH is 2. The summed E-state index contributed by atoms with van der Waals surface area (Å²) in [6, 6.07) is 7.23. The minimum absolute atomic E-state index is 0.133. The van der Waals surface area contributed by atoms with Crippen LogP contribution in [0.5, 0.6) is 28.7 Å². The summed E-state index contributed by atoms with van der Waals surface area (Å²) in [4.78, 5) is 43.3. The molecule has 0 aromatic heterocycles. The number of carboxylic acids is 1. The van der Waals surface area contributed by atoms with Gasteiger partial charge in [0.2, 0.25) is 12.8 Å². The van der Waals surface area contributed by atoms with Crippen molar-refractivity contribution in [3.05, 3.63) is 41.0 Å². The largest absolute Gasteiger partial charge is 0.492 e. The predicted molar refractivity (Wildman–Crippen MR) is 165 cm³/mol. The van der Waals surface area contributed by atoms with Crippen LogP contribution in [0.4, 0.5) is 0 Å². The van der Waals surface area contributed by atoms with Crippen molar-refractivity contribution in [2.75, 3.05) is 27.1 Å². The first-order valence-corrected chi connectivity index (χ1v) is 15.8. The smallest absolute Gasteiger partial charge is 0.317 e. The van der Waals surface area contributed by atoms with Gasteiger partial charge in [0.15, 0.2) is 29.6 Å². The maximum Gasteiger partial charge on any atom is 0.317 e. The second-order valence-electron chi connectivity index (χ2n) is 12.4. The summed E-state index contributed by atoms with van der Waals surface area (Å²) in [6.45, 7) is 4.18. The number of carbonyl (C=O) groups excluding carboxylic acids is 1. The van der Waals surface area contributed by atoms with Crippen LogP contribution in [0.15, 0.2) is 29.3 Å². The number of fused-ring (bicyclic) bond motifs is 6. The fourth-order valence-electron chi connectivity index (χ4n) is 6.01. The molecule has 17 heteroatoms. The second kappa shape index (κ2) is 14.5. The van der Waals surface area contributed by atoms with E-state index in [-0.39, 0.29) is 24.4 Å². The van der Waals surface area contributed by atoms with Crippen molar-refractivity contribution in [3.8, 4) is 28.7 Å². The number of guanidine groups is 1. The second-order valence-corrected chi connectivity index (χ2v) is 12.4. The Kier molecular flexibility index (Phi) is 10.2. The van der Waals surface area contributed by atoms with Crippen LogP contribution < -0.4 is 35.0 Å². The van der Waals surface area contributed by atoms with E-state index in [4.69, 9.17) is 53.9 Å². The number of nitrogens with zero attached hydrogens (tertiary/aromatic N) is 1. The van der Waals surface area contributed by atoms with Gasteiger partial charge in [0.1, 0.15) is 48.9 Å². The molecule has 0 spiro atoms. The van der Waals surface area contributed by atoms with Crippen LogP contribution >= 0.6 is 0 Å². The zero-order chi connectivity index (χ0) is 34.8.